The minimum Gasteiger partial charge on any atom is -0.393 e. The summed E-state index contributed by atoms with van der Waals surface area (Å²) >= 11 is 0. The zero-order valence-electron chi connectivity index (χ0n) is 10.1. The summed E-state index contributed by atoms with van der Waals surface area (Å²) < 4.78 is 0. The van der Waals surface area contributed by atoms with E-state index in [2.05, 4.69) is 4.98 Å². The van der Waals surface area contributed by atoms with Gasteiger partial charge in [0, 0.05) is 23.8 Å². The van der Waals surface area contributed by atoms with E-state index in [1.807, 2.05) is 4.90 Å². The molecule has 3 heterocycles. The lowest BCUT2D eigenvalue weighted by Crippen LogP contribution is -2.48. The fourth-order valence-electron chi connectivity index (χ4n) is 3.21. The maximum Gasteiger partial charge on any atom is 0.254 e. The van der Waals surface area contributed by atoms with Crippen molar-refractivity contribution < 1.29 is 9.90 Å². The molecular weight excluding hydrogens is 230 g/mol. The van der Waals surface area contributed by atoms with Crippen molar-refractivity contribution in [2.24, 2.45) is 0 Å². The third kappa shape index (κ3) is 1.84. The number of piperidine rings is 1. The number of aromatic nitrogens is 1. The van der Waals surface area contributed by atoms with E-state index in [1.165, 1.54) is 0 Å². The number of nitrogen functional groups attached to an aromatic ring is 1. The van der Waals surface area contributed by atoms with Crippen molar-refractivity contribution in [1.29, 1.82) is 0 Å². The molecule has 1 amide bonds. The van der Waals surface area contributed by atoms with Gasteiger partial charge < -0.3 is 15.7 Å². The van der Waals surface area contributed by atoms with Gasteiger partial charge in [0.1, 0.15) is 5.82 Å². The highest BCUT2D eigenvalue weighted by molar-refractivity contribution is 5.95. The van der Waals surface area contributed by atoms with E-state index in [9.17, 15) is 9.90 Å². The first-order chi connectivity index (χ1) is 8.65. The summed E-state index contributed by atoms with van der Waals surface area (Å²) in [7, 11) is 0. The first-order valence-electron chi connectivity index (χ1n) is 6.37. The van der Waals surface area contributed by atoms with E-state index in [1.54, 1.807) is 18.3 Å². The Morgan fingerprint density at radius 3 is 2.67 bits per heavy atom. The molecule has 18 heavy (non-hydrogen) atoms. The van der Waals surface area contributed by atoms with Crippen LogP contribution in [0.2, 0.25) is 0 Å². The number of carbonyl (C=O) groups is 1. The molecule has 2 saturated heterocycles. The Bertz CT molecular complexity index is 463. The minimum absolute atomic E-state index is 0.0171. The fraction of sp³-hybridized carbons (Fsp3) is 0.538. The fourth-order valence-corrected chi connectivity index (χ4v) is 3.21. The van der Waals surface area contributed by atoms with Crippen molar-refractivity contribution in [2.75, 3.05) is 5.73 Å². The lowest BCUT2D eigenvalue weighted by atomic mass is 9.99. The third-order valence-electron chi connectivity index (χ3n) is 3.97. The monoisotopic (exact) mass is 247 g/mol. The normalized spacial score (nSPS) is 30.5. The maximum absolute atomic E-state index is 12.5. The van der Waals surface area contributed by atoms with Crippen molar-refractivity contribution in [1.82, 2.24) is 9.88 Å². The number of aliphatic hydroxyl groups is 1. The van der Waals surface area contributed by atoms with Crippen LogP contribution >= 0.6 is 0 Å². The molecule has 3 rings (SSSR count). The molecular formula is C13H17N3O2. The molecule has 0 aromatic carbocycles. The van der Waals surface area contributed by atoms with E-state index >= 15 is 0 Å². The van der Waals surface area contributed by atoms with Crippen molar-refractivity contribution in [3.63, 3.8) is 0 Å². The Hall–Kier alpha value is -1.62. The number of rotatable bonds is 1. The molecule has 0 saturated carbocycles. The molecule has 96 valence electrons. The number of anilines is 1. The SMILES string of the molecule is Nc1cc(C(=O)N2C3CCC2CC(O)C3)ccn1. The summed E-state index contributed by atoms with van der Waals surface area (Å²) in [6, 6.07) is 3.68. The molecule has 1 aromatic heterocycles. The predicted molar refractivity (Wildman–Crippen MR) is 66.9 cm³/mol. The van der Waals surface area contributed by atoms with Gasteiger partial charge >= 0.3 is 0 Å². The smallest absolute Gasteiger partial charge is 0.254 e. The van der Waals surface area contributed by atoms with Crippen LogP contribution in [0.5, 0.6) is 0 Å². The van der Waals surface area contributed by atoms with E-state index < -0.39 is 0 Å². The topological polar surface area (TPSA) is 79.5 Å². The first-order valence-corrected chi connectivity index (χ1v) is 6.37. The number of hydrogen-bond acceptors (Lipinski definition) is 4. The van der Waals surface area contributed by atoms with Gasteiger partial charge in [-0.05, 0) is 37.8 Å². The molecule has 0 spiro atoms. The Morgan fingerprint density at radius 1 is 1.39 bits per heavy atom. The van der Waals surface area contributed by atoms with E-state index in [4.69, 9.17) is 5.73 Å². The largest absolute Gasteiger partial charge is 0.393 e. The van der Waals surface area contributed by atoms with Gasteiger partial charge in [-0.25, -0.2) is 4.98 Å². The van der Waals surface area contributed by atoms with Gasteiger partial charge in [-0.2, -0.15) is 0 Å². The summed E-state index contributed by atoms with van der Waals surface area (Å²) in [4.78, 5) is 18.3. The van der Waals surface area contributed by atoms with E-state index in [0.29, 0.717) is 24.2 Å². The lowest BCUT2D eigenvalue weighted by Gasteiger charge is -2.37. The number of aliphatic hydroxyl groups excluding tert-OH is 1. The lowest BCUT2D eigenvalue weighted by molar-refractivity contribution is 0.0287. The number of pyridine rings is 1. The third-order valence-corrected chi connectivity index (χ3v) is 3.97. The quantitative estimate of drug-likeness (QED) is 0.769. The van der Waals surface area contributed by atoms with Crippen LogP contribution < -0.4 is 5.73 Å². The molecule has 5 heteroatoms. The summed E-state index contributed by atoms with van der Waals surface area (Å²) in [5, 5.41) is 9.74. The van der Waals surface area contributed by atoms with Crippen molar-refractivity contribution in [3.8, 4) is 0 Å². The van der Waals surface area contributed by atoms with Crippen LogP contribution in [0.4, 0.5) is 5.82 Å². The molecule has 2 unspecified atom stereocenters. The Labute approximate surface area is 106 Å². The molecule has 2 aliphatic rings. The molecule has 2 fully saturated rings. The molecule has 5 nitrogen and oxygen atoms in total. The minimum atomic E-state index is -0.256. The summed E-state index contributed by atoms with van der Waals surface area (Å²) in [5.41, 5.74) is 6.20. The summed E-state index contributed by atoms with van der Waals surface area (Å²) in [6.07, 6.45) is 4.69. The predicted octanol–water partition coefficient (Wildman–Crippen LogP) is 0.792. The average Bonchev–Trinajstić information content (AvgIpc) is 2.61. The molecule has 2 aliphatic heterocycles. The van der Waals surface area contributed by atoms with Gasteiger partial charge in [0.25, 0.3) is 5.91 Å². The van der Waals surface area contributed by atoms with Crippen LogP contribution in [-0.2, 0) is 0 Å². The zero-order valence-corrected chi connectivity index (χ0v) is 10.1. The summed E-state index contributed by atoms with van der Waals surface area (Å²) in [5.74, 6) is 0.383. The van der Waals surface area contributed by atoms with Gasteiger partial charge in [-0.15, -0.1) is 0 Å². The van der Waals surface area contributed by atoms with Gasteiger partial charge in [-0.1, -0.05) is 0 Å². The molecule has 2 atom stereocenters. The first kappa shape index (κ1) is 11.5. The maximum atomic E-state index is 12.5. The van der Waals surface area contributed by atoms with Gasteiger partial charge in [-0.3, -0.25) is 4.79 Å². The van der Waals surface area contributed by atoms with Crippen molar-refractivity contribution in [3.05, 3.63) is 23.9 Å². The molecule has 0 aliphatic carbocycles. The Kier molecular flexibility index (Phi) is 2.70. The molecule has 3 N–H and O–H groups in total. The van der Waals surface area contributed by atoms with Gasteiger partial charge in [0.05, 0.1) is 6.10 Å². The Balaban J connectivity index is 1.85. The van der Waals surface area contributed by atoms with Crippen LogP contribution in [-0.4, -0.2) is 39.1 Å². The molecule has 1 aromatic rings. The second kappa shape index (κ2) is 4.24. The van der Waals surface area contributed by atoms with Crippen LogP contribution in [0.15, 0.2) is 18.3 Å². The van der Waals surface area contributed by atoms with E-state index in [0.717, 1.165) is 12.8 Å². The number of nitrogens with zero attached hydrogens (tertiary/aromatic N) is 2. The molecule has 2 bridgehead atoms. The number of fused-ring (bicyclic) bond motifs is 2. The zero-order chi connectivity index (χ0) is 12.7. The van der Waals surface area contributed by atoms with Gasteiger partial charge in [0.15, 0.2) is 0 Å². The second-order valence-corrected chi connectivity index (χ2v) is 5.19. The second-order valence-electron chi connectivity index (χ2n) is 5.19. The van der Waals surface area contributed by atoms with E-state index in [-0.39, 0.29) is 24.1 Å². The standard InChI is InChI=1S/C13H17N3O2/c14-12-5-8(3-4-15-12)13(18)16-9-1-2-10(16)7-11(17)6-9/h3-5,9-11,17H,1-2,6-7H2,(H2,14,15). The molecule has 0 radical (unpaired) electrons. The average molecular weight is 247 g/mol. The number of hydrogen-bond donors (Lipinski definition) is 2. The Morgan fingerprint density at radius 2 is 2.06 bits per heavy atom. The number of nitrogens with two attached hydrogens (primary N) is 1. The highest BCUT2D eigenvalue weighted by Gasteiger charge is 2.42. The van der Waals surface area contributed by atoms with Crippen molar-refractivity contribution in [2.45, 2.75) is 43.9 Å². The number of carbonyl (C=O) groups excluding carboxylic acids is 1. The van der Waals surface area contributed by atoms with Crippen LogP contribution in [0.25, 0.3) is 0 Å². The van der Waals surface area contributed by atoms with Crippen LogP contribution in [0.3, 0.4) is 0 Å². The van der Waals surface area contributed by atoms with Crippen LogP contribution in [0, 0.1) is 0 Å². The number of amides is 1. The highest BCUT2D eigenvalue weighted by atomic mass is 16.3. The van der Waals surface area contributed by atoms with Crippen LogP contribution in [0.1, 0.15) is 36.0 Å². The highest BCUT2D eigenvalue weighted by Crippen LogP contribution is 2.36. The van der Waals surface area contributed by atoms with Crippen molar-refractivity contribution >= 4 is 11.7 Å². The van der Waals surface area contributed by atoms with Gasteiger partial charge in [0.2, 0.25) is 0 Å². The summed E-state index contributed by atoms with van der Waals surface area (Å²) in [6.45, 7) is 0.